The summed E-state index contributed by atoms with van der Waals surface area (Å²) in [5.74, 6) is -1.84. The van der Waals surface area contributed by atoms with Crippen LogP contribution in [0.15, 0.2) is 41.4 Å². The Morgan fingerprint density at radius 3 is 2.55 bits per heavy atom. The van der Waals surface area contributed by atoms with Crippen molar-refractivity contribution in [2.24, 2.45) is 0 Å². The zero-order valence-electron chi connectivity index (χ0n) is 18.2. The number of hydrogen-bond acceptors (Lipinski definition) is 3. The summed E-state index contributed by atoms with van der Waals surface area (Å²) in [6.07, 6.45) is 4.58. The van der Waals surface area contributed by atoms with Crippen molar-refractivity contribution in [2.45, 2.75) is 43.4 Å². The van der Waals surface area contributed by atoms with Gasteiger partial charge in [-0.1, -0.05) is 13.8 Å². The van der Waals surface area contributed by atoms with E-state index in [1.165, 1.54) is 4.31 Å². The number of hydrogen-bond donors (Lipinski definition) is 2. The SMILES string of the molecule is CC1(C)CN(S(=O)(=O)c2cc(F)cc(F)c2)c2cc3c4c([nH]c3cc21)-c1[nH]ncc1CCC4. The van der Waals surface area contributed by atoms with Gasteiger partial charge in [-0.2, -0.15) is 5.10 Å². The molecule has 0 unspecified atom stereocenters. The first-order chi connectivity index (χ1) is 15.6. The van der Waals surface area contributed by atoms with Gasteiger partial charge in [0.05, 0.1) is 28.2 Å². The first-order valence-electron chi connectivity index (χ1n) is 10.9. The lowest BCUT2D eigenvalue weighted by Gasteiger charge is -2.22. The molecule has 6 rings (SSSR count). The molecule has 1 aliphatic carbocycles. The van der Waals surface area contributed by atoms with Crippen LogP contribution < -0.4 is 4.31 Å². The number of anilines is 1. The molecule has 0 bridgehead atoms. The molecule has 0 amide bonds. The van der Waals surface area contributed by atoms with Gasteiger partial charge in [0, 0.05) is 28.9 Å². The third-order valence-electron chi connectivity index (χ3n) is 6.82. The van der Waals surface area contributed by atoms with Gasteiger partial charge in [-0.15, -0.1) is 0 Å². The van der Waals surface area contributed by atoms with Crippen molar-refractivity contribution in [3.05, 3.63) is 64.9 Å². The second-order valence-electron chi connectivity index (χ2n) is 9.52. The number of aromatic nitrogens is 3. The van der Waals surface area contributed by atoms with Crippen molar-refractivity contribution in [1.29, 1.82) is 0 Å². The first-order valence-corrected chi connectivity index (χ1v) is 12.3. The van der Waals surface area contributed by atoms with Crippen molar-refractivity contribution in [2.75, 3.05) is 10.8 Å². The maximum absolute atomic E-state index is 13.8. The summed E-state index contributed by atoms with van der Waals surface area (Å²) < 4.78 is 56.0. The predicted molar refractivity (Wildman–Crippen MR) is 122 cm³/mol. The second-order valence-corrected chi connectivity index (χ2v) is 11.4. The topological polar surface area (TPSA) is 81.9 Å². The molecule has 0 saturated heterocycles. The molecule has 1 aliphatic heterocycles. The van der Waals surface area contributed by atoms with E-state index in [-0.39, 0.29) is 6.54 Å². The van der Waals surface area contributed by atoms with Crippen LogP contribution in [0.5, 0.6) is 0 Å². The average Bonchev–Trinajstić information content (AvgIpc) is 3.38. The highest BCUT2D eigenvalue weighted by Gasteiger charge is 2.42. The van der Waals surface area contributed by atoms with Crippen LogP contribution in [0.3, 0.4) is 0 Å². The van der Waals surface area contributed by atoms with Crippen LogP contribution >= 0.6 is 0 Å². The Kier molecular flexibility index (Phi) is 4.12. The molecule has 3 heterocycles. The van der Waals surface area contributed by atoms with Gasteiger partial charge in [0.25, 0.3) is 10.0 Å². The van der Waals surface area contributed by atoms with Gasteiger partial charge in [0.2, 0.25) is 0 Å². The van der Waals surface area contributed by atoms with Gasteiger partial charge >= 0.3 is 0 Å². The molecule has 0 atom stereocenters. The van der Waals surface area contributed by atoms with E-state index in [9.17, 15) is 17.2 Å². The Morgan fingerprint density at radius 2 is 1.79 bits per heavy atom. The van der Waals surface area contributed by atoms with Crippen LogP contribution in [-0.4, -0.2) is 30.1 Å². The number of H-pyrrole nitrogens is 2. The highest BCUT2D eigenvalue weighted by molar-refractivity contribution is 7.92. The fourth-order valence-corrected chi connectivity index (χ4v) is 6.91. The second kappa shape index (κ2) is 6.66. The van der Waals surface area contributed by atoms with Gasteiger partial charge < -0.3 is 4.98 Å². The first kappa shape index (κ1) is 20.4. The maximum Gasteiger partial charge on any atom is 0.264 e. The van der Waals surface area contributed by atoms with Crippen LogP contribution in [0.4, 0.5) is 14.5 Å². The standard InChI is InChI=1S/C24H22F2N4O2S/c1-24(2)12-30(33(31,32)16-7-14(25)6-15(26)8-16)21-9-18-17-5-3-4-13-11-27-29-22(13)23(17)28-20(18)10-19(21)24/h6-11,28H,3-5,12H2,1-2H3,(H,27,29). The van der Waals surface area contributed by atoms with Crippen molar-refractivity contribution < 1.29 is 17.2 Å². The number of aryl methyl sites for hydroxylation is 2. The Balaban J connectivity index is 1.57. The molecule has 2 aromatic heterocycles. The zero-order valence-corrected chi connectivity index (χ0v) is 19.0. The van der Waals surface area contributed by atoms with Crippen LogP contribution in [0.2, 0.25) is 0 Å². The van der Waals surface area contributed by atoms with Gasteiger partial charge in [-0.3, -0.25) is 9.40 Å². The third kappa shape index (κ3) is 2.95. The molecule has 33 heavy (non-hydrogen) atoms. The lowest BCUT2D eigenvalue weighted by molar-refractivity contribution is 0.549. The summed E-state index contributed by atoms with van der Waals surface area (Å²) in [5, 5.41) is 8.25. The van der Waals surface area contributed by atoms with E-state index in [0.29, 0.717) is 11.8 Å². The molecule has 0 spiro atoms. The van der Waals surface area contributed by atoms with E-state index in [2.05, 4.69) is 15.2 Å². The molecule has 4 aromatic rings. The molecule has 0 fully saturated rings. The van der Waals surface area contributed by atoms with Crippen LogP contribution in [-0.2, 0) is 28.3 Å². The Hall–Kier alpha value is -3.20. The molecule has 0 saturated carbocycles. The highest BCUT2D eigenvalue weighted by atomic mass is 32.2. The molecule has 2 N–H and O–H groups in total. The van der Waals surface area contributed by atoms with Crippen molar-refractivity contribution in [3.8, 4) is 11.4 Å². The van der Waals surface area contributed by atoms with Crippen LogP contribution in [0.25, 0.3) is 22.3 Å². The third-order valence-corrected chi connectivity index (χ3v) is 8.56. The Labute approximate surface area is 189 Å². The maximum atomic E-state index is 13.8. The van der Waals surface area contributed by atoms with Crippen LogP contribution in [0, 0.1) is 11.6 Å². The Bertz CT molecular complexity index is 1530. The Morgan fingerprint density at radius 1 is 1.03 bits per heavy atom. The van der Waals surface area contributed by atoms with Crippen LogP contribution in [0.1, 0.15) is 37.0 Å². The van der Waals surface area contributed by atoms with Crippen molar-refractivity contribution in [3.63, 3.8) is 0 Å². The van der Waals surface area contributed by atoms with E-state index in [0.717, 1.165) is 70.4 Å². The summed E-state index contributed by atoms with van der Waals surface area (Å²) in [6, 6.07) is 6.32. The molecule has 6 nitrogen and oxygen atoms in total. The van der Waals surface area contributed by atoms with Gasteiger partial charge in [-0.25, -0.2) is 17.2 Å². The van der Waals surface area contributed by atoms with Gasteiger partial charge in [0.15, 0.2) is 0 Å². The lowest BCUT2D eigenvalue weighted by Crippen LogP contribution is -2.34. The van der Waals surface area contributed by atoms with Crippen molar-refractivity contribution in [1.82, 2.24) is 15.2 Å². The number of fused-ring (bicyclic) bond motifs is 6. The number of benzene rings is 2. The molecule has 2 aromatic carbocycles. The predicted octanol–water partition coefficient (Wildman–Crippen LogP) is 4.81. The smallest absolute Gasteiger partial charge is 0.264 e. The largest absolute Gasteiger partial charge is 0.353 e. The van der Waals surface area contributed by atoms with Gasteiger partial charge in [0.1, 0.15) is 11.6 Å². The van der Waals surface area contributed by atoms with Crippen molar-refractivity contribution >= 4 is 26.6 Å². The number of halogens is 2. The summed E-state index contributed by atoms with van der Waals surface area (Å²) in [7, 11) is -4.16. The number of sulfonamides is 1. The summed E-state index contributed by atoms with van der Waals surface area (Å²) in [6.45, 7) is 4.13. The number of nitrogens with one attached hydrogen (secondary N) is 2. The number of aromatic amines is 2. The van der Waals surface area contributed by atoms with E-state index >= 15 is 0 Å². The molecular formula is C24H22F2N4O2S. The number of rotatable bonds is 2. The molecular weight excluding hydrogens is 446 g/mol. The minimum Gasteiger partial charge on any atom is -0.353 e. The van der Waals surface area contributed by atoms with E-state index in [4.69, 9.17) is 0 Å². The fourth-order valence-electron chi connectivity index (χ4n) is 5.23. The minimum atomic E-state index is -4.16. The molecule has 2 aliphatic rings. The highest BCUT2D eigenvalue weighted by Crippen LogP contribution is 2.47. The molecule has 0 radical (unpaired) electrons. The fraction of sp³-hybridized carbons (Fsp3) is 0.292. The van der Waals surface area contributed by atoms with E-state index in [1.807, 2.05) is 32.2 Å². The lowest BCUT2D eigenvalue weighted by atomic mass is 9.86. The normalized spacial score (nSPS) is 17.0. The monoisotopic (exact) mass is 468 g/mol. The van der Waals surface area contributed by atoms with E-state index in [1.54, 1.807) is 0 Å². The number of nitrogens with zero attached hydrogens (tertiary/aromatic N) is 2. The molecule has 170 valence electrons. The average molecular weight is 469 g/mol. The quantitative estimate of drug-likeness (QED) is 0.443. The zero-order chi connectivity index (χ0) is 23.1. The van der Waals surface area contributed by atoms with E-state index < -0.39 is 32.0 Å². The summed E-state index contributed by atoms with van der Waals surface area (Å²) >= 11 is 0. The summed E-state index contributed by atoms with van der Waals surface area (Å²) in [5.41, 5.74) is 6.11. The minimum absolute atomic E-state index is 0.183. The molecule has 9 heteroatoms. The van der Waals surface area contributed by atoms with Gasteiger partial charge in [-0.05, 0) is 60.2 Å². The summed E-state index contributed by atoms with van der Waals surface area (Å²) in [4.78, 5) is 3.14.